The van der Waals surface area contributed by atoms with Crippen LogP contribution in [0.4, 0.5) is 5.69 Å². The van der Waals surface area contributed by atoms with Gasteiger partial charge in [0, 0.05) is 17.3 Å². The Morgan fingerprint density at radius 2 is 1.62 bits per heavy atom. The molecular weight excluding hydrogens is 304 g/mol. The summed E-state index contributed by atoms with van der Waals surface area (Å²) in [5.41, 5.74) is 5.58. The van der Waals surface area contributed by atoms with Crippen LogP contribution in [0.1, 0.15) is 52.0 Å². The zero-order chi connectivity index (χ0) is 18.3. The number of nitrogens with zero attached hydrogens (tertiary/aromatic N) is 1. The van der Waals surface area contributed by atoms with Crippen molar-refractivity contribution >= 4 is 22.4 Å². The predicted molar refractivity (Wildman–Crippen MR) is 97.2 cm³/mol. The summed E-state index contributed by atoms with van der Waals surface area (Å²) in [6.45, 7) is 11.7. The largest absolute Gasteiger partial charge is 0.455 e. The van der Waals surface area contributed by atoms with Crippen molar-refractivity contribution in [2.75, 3.05) is 5.73 Å². The van der Waals surface area contributed by atoms with E-state index in [0.29, 0.717) is 17.3 Å². The molecule has 24 heavy (non-hydrogen) atoms. The molecule has 1 aromatic carbocycles. The first-order valence-electron chi connectivity index (χ1n) is 8.05. The monoisotopic (exact) mass is 330 g/mol. The molecular formula is C19H26N2O3. The first kappa shape index (κ1) is 18.0. The van der Waals surface area contributed by atoms with Crippen molar-refractivity contribution in [2.24, 2.45) is 5.41 Å². The van der Waals surface area contributed by atoms with Crippen molar-refractivity contribution in [3.8, 4) is 0 Å². The van der Waals surface area contributed by atoms with Crippen molar-refractivity contribution in [1.82, 2.24) is 4.57 Å². The van der Waals surface area contributed by atoms with E-state index >= 15 is 0 Å². The van der Waals surface area contributed by atoms with E-state index in [1.165, 1.54) is 4.57 Å². The van der Waals surface area contributed by atoms with E-state index in [9.17, 15) is 9.59 Å². The number of fused-ring (bicyclic) bond motifs is 1. The van der Waals surface area contributed by atoms with Crippen LogP contribution in [0.15, 0.2) is 29.1 Å². The van der Waals surface area contributed by atoms with E-state index in [0.717, 1.165) is 0 Å². The third-order valence-corrected chi connectivity index (χ3v) is 3.44. The van der Waals surface area contributed by atoms with Crippen molar-refractivity contribution in [3.63, 3.8) is 0 Å². The molecule has 0 aliphatic carbocycles. The Bertz CT molecular complexity index is 837. The number of anilines is 1. The molecule has 0 atom stereocenters. The maximum Gasteiger partial charge on any atom is 0.357 e. The zero-order valence-electron chi connectivity index (χ0n) is 15.3. The highest BCUT2D eigenvalue weighted by Gasteiger charge is 2.27. The van der Waals surface area contributed by atoms with Crippen molar-refractivity contribution in [2.45, 2.75) is 53.7 Å². The normalized spacial score (nSPS) is 12.4. The van der Waals surface area contributed by atoms with Crippen molar-refractivity contribution in [3.05, 3.63) is 40.3 Å². The van der Waals surface area contributed by atoms with Gasteiger partial charge in [0.05, 0.1) is 5.69 Å². The van der Waals surface area contributed by atoms with Gasteiger partial charge < -0.3 is 10.5 Å². The van der Waals surface area contributed by atoms with Gasteiger partial charge in [-0.05, 0) is 32.3 Å². The molecule has 5 nitrogen and oxygen atoms in total. The SMILES string of the molecule is CC(C)(C)Cn1c(C(=O)OC(C)(C)C)c(N)c2ccccc2c1=O. The Morgan fingerprint density at radius 1 is 1.08 bits per heavy atom. The number of nitrogen functional groups attached to an aromatic ring is 1. The van der Waals surface area contributed by atoms with Crippen LogP contribution in [0.3, 0.4) is 0 Å². The molecule has 0 radical (unpaired) electrons. The van der Waals surface area contributed by atoms with Gasteiger partial charge in [-0.25, -0.2) is 4.79 Å². The molecule has 2 N–H and O–H groups in total. The maximum absolute atomic E-state index is 12.9. The van der Waals surface area contributed by atoms with Crippen LogP contribution in [-0.2, 0) is 11.3 Å². The number of aromatic nitrogens is 1. The summed E-state index contributed by atoms with van der Waals surface area (Å²) in [6, 6.07) is 7.07. The lowest BCUT2D eigenvalue weighted by Crippen LogP contribution is -2.35. The van der Waals surface area contributed by atoms with Gasteiger partial charge >= 0.3 is 5.97 Å². The van der Waals surface area contributed by atoms with E-state index in [4.69, 9.17) is 10.5 Å². The van der Waals surface area contributed by atoms with Crippen LogP contribution >= 0.6 is 0 Å². The average molecular weight is 330 g/mol. The van der Waals surface area contributed by atoms with Crippen LogP contribution in [0, 0.1) is 5.41 Å². The van der Waals surface area contributed by atoms with Gasteiger partial charge in [0.25, 0.3) is 5.56 Å². The molecule has 5 heteroatoms. The molecule has 0 spiro atoms. The van der Waals surface area contributed by atoms with E-state index in [2.05, 4.69) is 0 Å². The standard InChI is InChI=1S/C19H26N2O3/c1-18(2,3)11-21-15(17(23)24-19(4,5)6)14(20)12-9-7-8-10-13(12)16(21)22/h7-10H,11,20H2,1-6H3. The molecule has 2 rings (SSSR count). The molecule has 1 heterocycles. The topological polar surface area (TPSA) is 74.3 Å². The summed E-state index contributed by atoms with van der Waals surface area (Å²) in [4.78, 5) is 25.7. The molecule has 0 amide bonds. The fourth-order valence-corrected chi connectivity index (χ4v) is 2.60. The average Bonchev–Trinajstić information content (AvgIpc) is 2.41. The summed E-state index contributed by atoms with van der Waals surface area (Å²) in [5.74, 6) is -0.577. The van der Waals surface area contributed by atoms with Gasteiger partial charge in [0.2, 0.25) is 0 Å². The van der Waals surface area contributed by atoms with Gasteiger partial charge in [-0.2, -0.15) is 0 Å². The number of hydrogen-bond donors (Lipinski definition) is 1. The summed E-state index contributed by atoms with van der Waals surface area (Å²) in [6.07, 6.45) is 0. The van der Waals surface area contributed by atoms with Crippen LogP contribution < -0.4 is 11.3 Å². The number of ether oxygens (including phenoxy) is 1. The maximum atomic E-state index is 12.9. The molecule has 0 saturated carbocycles. The Labute approximate surface area is 142 Å². The minimum absolute atomic E-state index is 0.128. The van der Waals surface area contributed by atoms with Gasteiger partial charge in [0.1, 0.15) is 5.60 Å². The number of carbonyl (C=O) groups is 1. The highest BCUT2D eigenvalue weighted by atomic mass is 16.6. The number of esters is 1. The lowest BCUT2D eigenvalue weighted by atomic mass is 9.96. The van der Waals surface area contributed by atoms with Crippen LogP contribution in [0.5, 0.6) is 0 Å². The summed E-state index contributed by atoms with van der Waals surface area (Å²) in [7, 11) is 0. The Morgan fingerprint density at radius 3 is 2.12 bits per heavy atom. The molecule has 0 fully saturated rings. The highest BCUT2D eigenvalue weighted by Crippen LogP contribution is 2.26. The van der Waals surface area contributed by atoms with E-state index in [1.54, 1.807) is 45.0 Å². The van der Waals surface area contributed by atoms with Gasteiger partial charge in [-0.15, -0.1) is 0 Å². The van der Waals surface area contributed by atoms with Crippen LogP contribution in [0.25, 0.3) is 10.8 Å². The molecule has 0 aliphatic rings. The number of hydrogen-bond acceptors (Lipinski definition) is 4. The fourth-order valence-electron chi connectivity index (χ4n) is 2.60. The molecule has 0 bridgehead atoms. The molecule has 130 valence electrons. The summed E-state index contributed by atoms with van der Waals surface area (Å²) in [5, 5.41) is 1.08. The molecule has 2 aromatic rings. The quantitative estimate of drug-likeness (QED) is 0.854. The van der Waals surface area contributed by atoms with E-state index < -0.39 is 11.6 Å². The smallest absolute Gasteiger partial charge is 0.357 e. The Hall–Kier alpha value is -2.30. The second-order valence-corrected chi connectivity index (χ2v) is 8.26. The molecule has 1 aromatic heterocycles. The second kappa shape index (κ2) is 5.96. The first-order valence-corrected chi connectivity index (χ1v) is 8.05. The van der Waals surface area contributed by atoms with Gasteiger partial charge in [-0.3, -0.25) is 9.36 Å². The summed E-state index contributed by atoms with van der Waals surface area (Å²) >= 11 is 0. The van der Waals surface area contributed by atoms with Crippen molar-refractivity contribution < 1.29 is 9.53 Å². The minimum Gasteiger partial charge on any atom is -0.455 e. The minimum atomic E-state index is -0.669. The number of benzene rings is 1. The Kier molecular flexibility index (Phi) is 4.48. The molecule has 0 aliphatic heterocycles. The number of nitrogens with two attached hydrogens (primary N) is 1. The predicted octanol–water partition coefficient (Wildman–Crippen LogP) is 3.59. The van der Waals surface area contributed by atoms with Gasteiger partial charge in [0.15, 0.2) is 5.69 Å². The third kappa shape index (κ3) is 3.78. The zero-order valence-corrected chi connectivity index (χ0v) is 15.3. The second-order valence-electron chi connectivity index (χ2n) is 8.26. The van der Waals surface area contributed by atoms with Crippen molar-refractivity contribution in [1.29, 1.82) is 0 Å². The highest BCUT2D eigenvalue weighted by molar-refractivity contribution is 6.03. The summed E-state index contributed by atoms with van der Waals surface area (Å²) < 4.78 is 6.94. The Balaban J connectivity index is 2.79. The third-order valence-electron chi connectivity index (χ3n) is 3.44. The van der Waals surface area contributed by atoms with Gasteiger partial charge in [-0.1, -0.05) is 39.0 Å². The molecule has 0 unspecified atom stereocenters. The lowest BCUT2D eigenvalue weighted by molar-refractivity contribution is 0.00560. The first-order chi connectivity index (χ1) is 10.9. The number of pyridine rings is 1. The van der Waals surface area contributed by atoms with Crippen LogP contribution in [-0.4, -0.2) is 16.1 Å². The fraction of sp³-hybridized carbons (Fsp3) is 0.474. The van der Waals surface area contributed by atoms with Crippen LogP contribution in [0.2, 0.25) is 0 Å². The number of carbonyl (C=O) groups excluding carboxylic acids is 1. The molecule has 0 saturated heterocycles. The van der Waals surface area contributed by atoms with E-state index in [-0.39, 0.29) is 22.4 Å². The van der Waals surface area contributed by atoms with E-state index in [1.807, 2.05) is 20.8 Å². The number of rotatable bonds is 2. The lowest BCUT2D eigenvalue weighted by Gasteiger charge is -2.26.